The minimum Gasteiger partial charge on any atom is -0.309 e. The van der Waals surface area contributed by atoms with E-state index in [0.717, 1.165) is 12.1 Å². The van der Waals surface area contributed by atoms with Crippen molar-refractivity contribution in [2.45, 2.75) is 44.2 Å². The standard InChI is InChI=1S/C19H22FN/c20-17-10-6-7-15(13-17)14-21-19-12-5-4-11-18(19)16-8-2-1-3-9-16/h1-3,6-10,13,18-19,21H,4-5,11-12,14H2. The Morgan fingerprint density at radius 1 is 0.952 bits per heavy atom. The summed E-state index contributed by atoms with van der Waals surface area (Å²) >= 11 is 0. The monoisotopic (exact) mass is 283 g/mol. The van der Waals surface area contributed by atoms with E-state index < -0.39 is 0 Å². The van der Waals surface area contributed by atoms with Crippen LogP contribution in [-0.4, -0.2) is 6.04 Å². The second kappa shape index (κ2) is 6.86. The zero-order valence-electron chi connectivity index (χ0n) is 12.3. The van der Waals surface area contributed by atoms with Crippen LogP contribution in [0.5, 0.6) is 0 Å². The second-order valence-electron chi connectivity index (χ2n) is 5.92. The Morgan fingerprint density at radius 3 is 2.57 bits per heavy atom. The van der Waals surface area contributed by atoms with Gasteiger partial charge in [-0.25, -0.2) is 4.39 Å². The van der Waals surface area contributed by atoms with E-state index in [1.807, 2.05) is 6.07 Å². The molecule has 0 amide bonds. The van der Waals surface area contributed by atoms with E-state index in [2.05, 4.69) is 35.6 Å². The maximum Gasteiger partial charge on any atom is 0.123 e. The predicted octanol–water partition coefficient (Wildman–Crippen LogP) is 4.64. The Morgan fingerprint density at radius 2 is 1.76 bits per heavy atom. The number of hydrogen-bond acceptors (Lipinski definition) is 1. The Labute approximate surface area is 126 Å². The summed E-state index contributed by atoms with van der Waals surface area (Å²) in [5.74, 6) is 0.422. The number of nitrogens with one attached hydrogen (secondary N) is 1. The molecule has 2 heteroatoms. The molecule has 3 rings (SSSR count). The molecule has 1 saturated carbocycles. The molecule has 1 N–H and O–H groups in total. The highest BCUT2D eigenvalue weighted by molar-refractivity contribution is 5.22. The fourth-order valence-electron chi connectivity index (χ4n) is 3.37. The van der Waals surface area contributed by atoms with E-state index in [9.17, 15) is 4.39 Å². The van der Waals surface area contributed by atoms with Crippen molar-refractivity contribution >= 4 is 0 Å². The third-order valence-corrected chi connectivity index (χ3v) is 4.45. The van der Waals surface area contributed by atoms with Crippen LogP contribution < -0.4 is 5.32 Å². The van der Waals surface area contributed by atoms with E-state index in [4.69, 9.17) is 0 Å². The summed E-state index contributed by atoms with van der Waals surface area (Å²) in [5, 5.41) is 3.65. The van der Waals surface area contributed by atoms with E-state index in [0.29, 0.717) is 12.0 Å². The fraction of sp³-hybridized carbons (Fsp3) is 0.368. The summed E-state index contributed by atoms with van der Waals surface area (Å²) in [7, 11) is 0. The summed E-state index contributed by atoms with van der Waals surface area (Å²) in [6, 6.07) is 18.1. The Hall–Kier alpha value is -1.67. The molecule has 2 aromatic carbocycles. The largest absolute Gasteiger partial charge is 0.309 e. The molecule has 1 aliphatic carbocycles. The van der Waals surface area contributed by atoms with Crippen molar-refractivity contribution in [1.82, 2.24) is 5.32 Å². The molecule has 0 saturated heterocycles. The molecule has 1 fully saturated rings. The lowest BCUT2D eigenvalue weighted by Crippen LogP contribution is -2.36. The van der Waals surface area contributed by atoms with Crippen molar-refractivity contribution in [3.63, 3.8) is 0 Å². The van der Waals surface area contributed by atoms with Crippen LogP contribution in [0.15, 0.2) is 54.6 Å². The summed E-state index contributed by atoms with van der Waals surface area (Å²) in [6.07, 6.45) is 5.03. The molecular formula is C19H22FN. The average molecular weight is 283 g/mol. The lowest BCUT2D eigenvalue weighted by atomic mass is 9.80. The van der Waals surface area contributed by atoms with Gasteiger partial charge < -0.3 is 5.32 Å². The van der Waals surface area contributed by atoms with Crippen molar-refractivity contribution < 1.29 is 4.39 Å². The fourth-order valence-corrected chi connectivity index (χ4v) is 3.37. The quantitative estimate of drug-likeness (QED) is 0.861. The maximum atomic E-state index is 13.2. The van der Waals surface area contributed by atoms with E-state index >= 15 is 0 Å². The number of rotatable bonds is 4. The highest BCUT2D eigenvalue weighted by Crippen LogP contribution is 2.33. The first-order chi connectivity index (χ1) is 10.3. The van der Waals surface area contributed by atoms with Gasteiger partial charge in [0.1, 0.15) is 5.82 Å². The smallest absolute Gasteiger partial charge is 0.123 e. The Bertz CT molecular complexity index is 567. The molecule has 110 valence electrons. The molecule has 0 aliphatic heterocycles. The molecule has 0 radical (unpaired) electrons. The van der Waals surface area contributed by atoms with Crippen LogP contribution in [0.1, 0.15) is 42.7 Å². The van der Waals surface area contributed by atoms with E-state index in [-0.39, 0.29) is 5.82 Å². The molecule has 2 unspecified atom stereocenters. The number of hydrogen-bond donors (Lipinski definition) is 1. The van der Waals surface area contributed by atoms with Gasteiger partial charge in [-0.1, -0.05) is 55.3 Å². The van der Waals surface area contributed by atoms with E-state index in [1.54, 1.807) is 12.1 Å². The van der Waals surface area contributed by atoms with Crippen molar-refractivity contribution in [2.75, 3.05) is 0 Å². The van der Waals surface area contributed by atoms with Crippen LogP contribution in [0.3, 0.4) is 0 Å². The van der Waals surface area contributed by atoms with Gasteiger partial charge in [-0.05, 0) is 42.0 Å². The molecule has 1 aliphatic rings. The highest BCUT2D eigenvalue weighted by Gasteiger charge is 2.25. The zero-order valence-corrected chi connectivity index (χ0v) is 12.3. The first kappa shape index (κ1) is 14.3. The summed E-state index contributed by atoms with van der Waals surface area (Å²) < 4.78 is 13.2. The van der Waals surface area contributed by atoms with Crippen molar-refractivity contribution in [2.24, 2.45) is 0 Å². The van der Waals surface area contributed by atoms with Gasteiger partial charge >= 0.3 is 0 Å². The van der Waals surface area contributed by atoms with Crippen LogP contribution in [0.25, 0.3) is 0 Å². The molecule has 0 heterocycles. The average Bonchev–Trinajstić information content (AvgIpc) is 2.54. The molecule has 1 nitrogen and oxygen atoms in total. The van der Waals surface area contributed by atoms with Crippen LogP contribution in [0.4, 0.5) is 4.39 Å². The van der Waals surface area contributed by atoms with Gasteiger partial charge in [-0.3, -0.25) is 0 Å². The van der Waals surface area contributed by atoms with Crippen molar-refractivity contribution in [3.8, 4) is 0 Å². The lowest BCUT2D eigenvalue weighted by Gasteiger charge is -2.33. The van der Waals surface area contributed by atoms with Gasteiger partial charge in [0.05, 0.1) is 0 Å². The second-order valence-corrected chi connectivity index (χ2v) is 5.92. The molecule has 2 atom stereocenters. The van der Waals surface area contributed by atoms with Crippen LogP contribution in [0.2, 0.25) is 0 Å². The molecule has 2 aromatic rings. The van der Waals surface area contributed by atoms with Crippen LogP contribution >= 0.6 is 0 Å². The maximum absolute atomic E-state index is 13.2. The first-order valence-corrected chi connectivity index (χ1v) is 7.86. The van der Waals surface area contributed by atoms with E-state index in [1.165, 1.54) is 37.3 Å². The number of halogens is 1. The summed E-state index contributed by atoms with van der Waals surface area (Å²) in [6.45, 7) is 0.742. The summed E-state index contributed by atoms with van der Waals surface area (Å²) in [5.41, 5.74) is 2.45. The Balaban J connectivity index is 1.67. The van der Waals surface area contributed by atoms with Crippen molar-refractivity contribution in [3.05, 3.63) is 71.5 Å². The lowest BCUT2D eigenvalue weighted by molar-refractivity contribution is 0.326. The first-order valence-electron chi connectivity index (χ1n) is 7.86. The summed E-state index contributed by atoms with van der Waals surface area (Å²) in [4.78, 5) is 0. The van der Waals surface area contributed by atoms with Gasteiger partial charge in [0.25, 0.3) is 0 Å². The predicted molar refractivity (Wildman–Crippen MR) is 84.7 cm³/mol. The van der Waals surface area contributed by atoms with Gasteiger partial charge in [-0.2, -0.15) is 0 Å². The third kappa shape index (κ3) is 3.70. The molecule has 21 heavy (non-hydrogen) atoms. The van der Waals surface area contributed by atoms with Gasteiger partial charge in [0.2, 0.25) is 0 Å². The third-order valence-electron chi connectivity index (χ3n) is 4.45. The SMILES string of the molecule is Fc1cccc(CNC2CCCCC2c2ccccc2)c1. The van der Waals surface area contributed by atoms with Gasteiger partial charge in [0, 0.05) is 12.6 Å². The van der Waals surface area contributed by atoms with Crippen molar-refractivity contribution in [1.29, 1.82) is 0 Å². The van der Waals surface area contributed by atoms with Crippen LogP contribution in [-0.2, 0) is 6.54 Å². The van der Waals surface area contributed by atoms with Crippen LogP contribution in [0, 0.1) is 5.82 Å². The van der Waals surface area contributed by atoms with Gasteiger partial charge in [-0.15, -0.1) is 0 Å². The molecule has 0 spiro atoms. The molecule has 0 aromatic heterocycles. The Kier molecular flexibility index (Phi) is 4.66. The minimum atomic E-state index is -0.155. The molecular weight excluding hydrogens is 261 g/mol. The topological polar surface area (TPSA) is 12.0 Å². The number of benzene rings is 2. The highest BCUT2D eigenvalue weighted by atomic mass is 19.1. The molecule has 0 bridgehead atoms. The normalized spacial score (nSPS) is 22.1. The zero-order chi connectivity index (χ0) is 14.5. The van der Waals surface area contributed by atoms with Gasteiger partial charge in [0.15, 0.2) is 0 Å². The minimum absolute atomic E-state index is 0.155.